The fourth-order valence-electron chi connectivity index (χ4n) is 3.77. The van der Waals surface area contributed by atoms with Gasteiger partial charge in [0.1, 0.15) is 17.7 Å². The van der Waals surface area contributed by atoms with Gasteiger partial charge in [-0.25, -0.2) is 9.18 Å². The number of hydrogen-bond acceptors (Lipinski definition) is 5. The molecule has 0 saturated carbocycles. The van der Waals surface area contributed by atoms with Gasteiger partial charge in [-0.1, -0.05) is 0 Å². The largest absolute Gasteiger partial charge is 0.488 e. The molecular formula is C23H24BrFN2O3S. The summed E-state index contributed by atoms with van der Waals surface area (Å²) in [6.45, 7) is 3.85. The molecule has 0 amide bonds. The number of thioether (sulfide) groups is 1. The fourth-order valence-corrected chi connectivity index (χ4v) is 5.17. The molecule has 2 heterocycles. The van der Waals surface area contributed by atoms with Crippen LogP contribution in [-0.4, -0.2) is 36.3 Å². The van der Waals surface area contributed by atoms with Crippen LogP contribution in [0.15, 0.2) is 45.8 Å². The smallest absolute Gasteiger partial charge is 0.340 e. The van der Waals surface area contributed by atoms with Crippen LogP contribution in [0.25, 0.3) is 10.9 Å². The Morgan fingerprint density at radius 2 is 2.10 bits per heavy atom. The zero-order valence-electron chi connectivity index (χ0n) is 17.4. The highest BCUT2D eigenvalue weighted by molar-refractivity contribution is 9.10. The van der Waals surface area contributed by atoms with Gasteiger partial charge in [-0.3, -0.25) is 0 Å². The summed E-state index contributed by atoms with van der Waals surface area (Å²) in [5.74, 6) is 0.649. The summed E-state index contributed by atoms with van der Waals surface area (Å²) in [5, 5.41) is 4.11. The second-order valence-corrected chi connectivity index (χ2v) is 9.28. The first-order valence-corrected chi connectivity index (χ1v) is 12.0. The topological polar surface area (TPSA) is 52.5 Å². The number of halogens is 2. The van der Waals surface area contributed by atoms with Crippen molar-refractivity contribution in [2.24, 2.45) is 7.05 Å². The molecule has 0 bridgehead atoms. The van der Waals surface area contributed by atoms with Gasteiger partial charge in [0.2, 0.25) is 0 Å². The van der Waals surface area contributed by atoms with E-state index in [1.807, 2.05) is 23.7 Å². The average Bonchev–Trinajstić information content (AvgIpc) is 3.35. The molecule has 4 rings (SSSR count). The van der Waals surface area contributed by atoms with Crippen molar-refractivity contribution in [1.82, 2.24) is 9.88 Å². The molecule has 5 nitrogen and oxygen atoms in total. The molecule has 1 unspecified atom stereocenters. The molecule has 1 N–H and O–H groups in total. The van der Waals surface area contributed by atoms with Crippen LogP contribution in [0, 0.1) is 5.82 Å². The van der Waals surface area contributed by atoms with Crippen molar-refractivity contribution >= 4 is 44.6 Å². The lowest BCUT2D eigenvalue weighted by Crippen LogP contribution is -2.19. The number of nitrogens with one attached hydrogen (secondary N) is 1. The van der Waals surface area contributed by atoms with Crippen molar-refractivity contribution in [2.45, 2.75) is 30.1 Å². The monoisotopic (exact) mass is 506 g/mol. The third kappa shape index (κ3) is 4.76. The minimum atomic E-state index is -0.349. The molecule has 2 aromatic carbocycles. The Morgan fingerprint density at radius 1 is 1.32 bits per heavy atom. The lowest BCUT2D eigenvalue weighted by molar-refractivity contribution is 0.0527. The lowest BCUT2D eigenvalue weighted by Gasteiger charge is -2.14. The van der Waals surface area contributed by atoms with Crippen LogP contribution in [0.1, 0.15) is 29.4 Å². The van der Waals surface area contributed by atoms with Gasteiger partial charge in [-0.15, -0.1) is 11.8 Å². The van der Waals surface area contributed by atoms with Crippen molar-refractivity contribution in [3.63, 3.8) is 0 Å². The van der Waals surface area contributed by atoms with E-state index in [-0.39, 0.29) is 17.9 Å². The maximum absolute atomic E-state index is 13.2. The molecule has 0 aliphatic carbocycles. The molecule has 1 aliphatic heterocycles. The molecule has 1 saturated heterocycles. The van der Waals surface area contributed by atoms with E-state index in [4.69, 9.17) is 9.47 Å². The summed E-state index contributed by atoms with van der Waals surface area (Å²) < 4.78 is 27.7. The number of rotatable bonds is 7. The van der Waals surface area contributed by atoms with Crippen LogP contribution in [-0.2, 0) is 17.5 Å². The molecular weight excluding hydrogens is 483 g/mol. The number of nitrogens with zero attached hydrogens (tertiary/aromatic N) is 1. The van der Waals surface area contributed by atoms with E-state index in [0.717, 1.165) is 51.2 Å². The molecule has 8 heteroatoms. The molecule has 3 aromatic rings. The van der Waals surface area contributed by atoms with Crippen LogP contribution < -0.4 is 10.1 Å². The van der Waals surface area contributed by atoms with Gasteiger partial charge < -0.3 is 19.4 Å². The van der Waals surface area contributed by atoms with Gasteiger partial charge in [0.25, 0.3) is 0 Å². The van der Waals surface area contributed by atoms with Gasteiger partial charge in [-0.05, 0) is 72.2 Å². The van der Waals surface area contributed by atoms with Gasteiger partial charge in [0, 0.05) is 35.3 Å². The molecule has 0 spiro atoms. The van der Waals surface area contributed by atoms with Crippen molar-refractivity contribution in [2.75, 3.05) is 19.7 Å². The predicted octanol–water partition coefficient (Wildman–Crippen LogP) is 5.29. The first kappa shape index (κ1) is 22.2. The summed E-state index contributed by atoms with van der Waals surface area (Å²) in [4.78, 5) is 13.9. The standard InChI is InChI=1S/C23H24BrFN2O3S/c1-3-29-23(28)22-17-10-21(30-15-8-9-26-12-15)18(24)11-19(17)27(2)20(22)13-31-16-6-4-14(25)5-7-16/h4-7,10-11,15,26H,3,8-9,12-13H2,1-2H3. The highest BCUT2D eigenvalue weighted by Gasteiger charge is 2.25. The number of aromatic nitrogens is 1. The average molecular weight is 507 g/mol. The third-order valence-electron chi connectivity index (χ3n) is 5.35. The van der Waals surface area contributed by atoms with E-state index in [9.17, 15) is 9.18 Å². The molecule has 1 aromatic heterocycles. The number of benzene rings is 2. The van der Waals surface area contributed by atoms with E-state index >= 15 is 0 Å². The first-order valence-electron chi connectivity index (χ1n) is 10.2. The Morgan fingerprint density at radius 3 is 2.77 bits per heavy atom. The highest BCUT2D eigenvalue weighted by atomic mass is 79.9. The zero-order chi connectivity index (χ0) is 22.0. The van der Waals surface area contributed by atoms with Crippen molar-refractivity contribution in [3.05, 3.63) is 57.9 Å². The van der Waals surface area contributed by atoms with Crippen molar-refractivity contribution in [3.8, 4) is 5.75 Å². The van der Waals surface area contributed by atoms with E-state index in [1.54, 1.807) is 30.8 Å². The SMILES string of the molecule is CCOC(=O)c1c(CSc2ccc(F)cc2)n(C)c2cc(Br)c(OC3CCNC3)cc12. The molecule has 164 valence electrons. The second-order valence-electron chi connectivity index (χ2n) is 7.38. The van der Waals surface area contributed by atoms with Crippen LogP contribution in [0.4, 0.5) is 4.39 Å². The molecule has 1 fully saturated rings. The molecule has 31 heavy (non-hydrogen) atoms. The summed E-state index contributed by atoms with van der Waals surface area (Å²) >= 11 is 5.18. The number of carbonyl (C=O) groups excluding carboxylic acids is 1. The second kappa shape index (κ2) is 9.63. The Labute approximate surface area is 193 Å². The minimum absolute atomic E-state index is 0.108. The van der Waals surface area contributed by atoms with Crippen LogP contribution in [0.2, 0.25) is 0 Å². The van der Waals surface area contributed by atoms with E-state index in [2.05, 4.69) is 21.2 Å². The quantitative estimate of drug-likeness (QED) is 0.348. The number of fused-ring (bicyclic) bond motifs is 1. The normalized spacial score (nSPS) is 16.1. The number of ether oxygens (including phenoxy) is 2. The highest BCUT2D eigenvalue weighted by Crippen LogP contribution is 2.37. The maximum Gasteiger partial charge on any atom is 0.340 e. The van der Waals surface area contributed by atoms with E-state index < -0.39 is 0 Å². The number of carbonyl (C=O) groups is 1. The molecule has 1 aliphatic rings. The zero-order valence-corrected chi connectivity index (χ0v) is 19.8. The van der Waals surface area contributed by atoms with Gasteiger partial charge >= 0.3 is 5.97 Å². The lowest BCUT2D eigenvalue weighted by atomic mass is 10.1. The Kier molecular flexibility index (Phi) is 6.89. The maximum atomic E-state index is 13.2. The number of aryl methyl sites for hydroxylation is 1. The van der Waals surface area contributed by atoms with Crippen LogP contribution >= 0.6 is 27.7 Å². The van der Waals surface area contributed by atoms with Gasteiger partial charge in [0.05, 0.1) is 22.2 Å². The number of hydrogen-bond donors (Lipinski definition) is 1. The molecule has 1 atom stereocenters. The van der Waals surface area contributed by atoms with E-state index in [1.165, 1.54) is 12.1 Å². The Bertz CT molecular complexity index is 1090. The van der Waals surface area contributed by atoms with Crippen LogP contribution in [0.5, 0.6) is 5.75 Å². The summed E-state index contributed by atoms with van der Waals surface area (Å²) in [7, 11) is 1.94. The first-order chi connectivity index (χ1) is 15.0. The predicted molar refractivity (Wildman–Crippen MR) is 124 cm³/mol. The molecule has 0 radical (unpaired) electrons. The summed E-state index contributed by atoms with van der Waals surface area (Å²) in [6.07, 6.45) is 1.06. The van der Waals surface area contributed by atoms with Crippen molar-refractivity contribution in [1.29, 1.82) is 0 Å². The van der Waals surface area contributed by atoms with Gasteiger partial charge in [0.15, 0.2) is 0 Å². The number of esters is 1. The van der Waals surface area contributed by atoms with Crippen LogP contribution in [0.3, 0.4) is 0 Å². The minimum Gasteiger partial charge on any atom is -0.488 e. The van der Waals surface area contributed by atoms with E-state index in [0.29, 0.717) is 17.9 Å². The van der Waals surface area contributed by atoms with Crippen molar-refractivity contribution < 1.29 is 18.7 Å². The third-order valence-corrected chi connectivity index (χ3v) is 6.99. The Balaban J connectivity index is 1.74. The summed E-state index contributed by atoms with van der Waals surface area (Å²) in [5.41, 5.74) is 2.33. The fraction of sp³-hybridized carbons (Fsp3) is 0.348. The Hall–Kier alpha value is -2.03. The van der Waals surface area contributed by atoms with Gasteiger partial charge in [-0.2, -0.15) is 0 Å². The summed E-state index contributed by atoms with van der Waals surface area (Å²) in [6, 6.07) is 10.3.